The predicted octanol–water partition coefficient (Wildman–Crippen LogP) is 4.53. The average molecular weight is 405 g/mol. The minimum atomic E-state index is -0.0592. The lowest BCUT2D eigenvalue weighted by Gasteiger charge is -2.24. The van der Waals surface area contributed by atoms with Gasteiger partial charge in [-0.1, -0.05) is 0 Å². The summed E-state index contributed by atoms with van der Waals surface area (Å²) >= 11 is 3.73. The Balaban J connectivity index is 1.78. The van der Waals surface area contributed by atoms with Crippen LogP contribution < -0.4 is 18.9 Å². The van der Waals surface area contributed by atoms with E-state index in [0.717, 1.165) is 17.1 Å². The van der Waals surface area contributed by atoms with E-state index in [0.29, 0.717) is 34.1 Å². The molecule has 2 aromatic rings. The topological polar surface area (TPSA) is 54.0 Å². The molecule has 2 heterocycles. The molecule has 0 amide bonds. The highest BCUT2D eigenvalue weighted by Crippen LogP contribution is 2.47. The summed E-state index contributed by atoms with van der Waals surface area (Å²) in [5.41, 5.74) is 2.18. The molecule has 0 bridgehead atoms. The van der Waals surface area contributed by atoms with Crippen LogP contribution in [-0.2, 0) is 0 Å². The molecule has 0 atom stereocenters. The SMILES string of the molecule is COc1cc(C(=O)c2ccc3c(c2)OCO3)c(C2SCCCS2)cc1OC. The molecule has 0 aliphatic carbocycles. The van der Waals surface area contributed by atoms with Crippen LogP contribution in [-0.4, -0.2) is 38.3 Å². The zero-order valence-electron chi connectivity index (χ0n) is 15.2. The lowest BCUT2D eigenvalue weighted by atomic mass is 9.98. The van der Waals surface area contributed by atoms with Gasteiger partial charge in [-0.05, 0) is 53.8 Å². The molecule has 7 heteroatoms. The molecule has 0 N–H and O–H groups in total. The first-order chi connectivity index (χ1) is 13.2. The predicted molar refractivity (Wildman–Crippen MR) is 108 cm³/mol. The van der Waals surface area contributed by atoms with Crippen molar-refractivity contribution < 1.29 is 23.7 Å². The van der Waals surface area contributed by atoms with Crippen LogP contribution in [0, 0.1) is 0 Å². The first-order valence-electron chi connectivity index (χ1n) is 8.64. The van der Waals surface area contributed by atoms with Crippen molar-refractivity contribution in [1.82, 2.24) is 0 Å². The van der Waals surface area contributed by atoms with Crippen LogP contribution in [0.25, 0.3) is 0 Å². The van der Waals surface area contributed by atoms with Gasteiger partial charge in [0.2, 0.25) is 6.79 Å². The third-order valence-electron chi connectivity index (χ3n) is 4.52. The summed E-state index contributed by atoms with van der Waals surface area (Å²) in [4.78, 5) is 13.4. The van der Waals surface area contributed by atoms with E-state index in [9.17, 15) is 4.79 Å². The van der Waals surface area contributed by atoms with Gasteiger partial charge in [0.05, 0.1) is 18.8 Å². The maximum atomic E-state index is 13.4. The molecule has 0 radical (unpaired) electrons. The maximum Gasteiger partial charge on any atom is 0.231 e. The Morgan fingerprint density at radius 2 is 1.70 bits per heavy atom. The second-order valence-corrected chi connectivity index (χ2v) is 8.84. The van der Waals surface area contributed by atoms with Crippen LogP contribution in [0.5, 0.6) is 23.0 Å². The normalized spacial score (nSPS) is 16.2. The Morgan fingerprint density at radius 3 is 2.44 bits per heavy atom. The second kappa shape index (κ2) is 7.94. The van der Waals surface area contributed by atoms with Crippen LogP contribution >= 0.6 is 23.5 Å². The van der Waals surface area contributed by atoms with E-state index >= 15 is 0 Å². The van der Waals surface area contributed by atoms with Crippen LogP contribution in [0.4, 0.5) is 0 Å². The number of thioether (sulfide) groups is 2. The van der Waals surface area contributed by atoms with Gasteiger partial charge in [-0.2, -0.15) is 0 Å². The number of carbonyl (C=O) groups excluding carboxylic acids is 1. The van der Waals surface area contributed by atoms with Crippen molar-refractivity contribution in [3.8, 4) is 23.0 Å². The number of methoxy groups -OCH3 is 2. The standard InChI is InChI=1S/C20H20O5S2/c1-22-16-9-13(14(10-17(16)23-2)20-26-6-3-7-27-20)19(21)12-4-5-15-18(8-12)25-11-24-15/h4-5,8-10,20H,3,6-7,11H2,1-2H3. The summed E-state index contributed by atoms with van der Waals surface area (Å²) in [5.74, 6) is 4.57. The minimum Gasteiger partial charge on any atom is -0.493 e. The summed E-state index contributed by atoms with van der Waals surface area (Å²) in [7, 11) is 3.19. The van der Waals surface area contributed by atoms with Crippen LogP contribution in [0.1, 0.15) is 32.5 Å². The summed E-state index contributed by atoms with van der Waals surface area (Å²) in [6.07, 6.45) is 1.19. The number of ether oxygens (including phenoxy) is 4. The molecule has 1 saturated heterocycles. The van der Waals surface area contributed by atoms with E-state index in [4.69, 9.17) is 18.9 Å². The number of hydrogen-bond acceptors (Lipinski definition) is 7. The lowest BCUT2D eigenvalue weighted by Crippen LogP contribution is -2.10. The molecule has 0 spiro atoms. The molecular formula is C20H20O5S2. The van der Waals surface area contributed by atoms with Gasteiger partial charge in [0.1, 0.15) is 0 Å². The summed E-state index contributed by atoms with van der Waals surface area (Å²) in [6, 6.07) is 9.02. The molecule has 27 heavy (non-hydrogen) atoms. The van der Waals surface area contributed by atoms with Crippen molar-refractivity contribution in [3.05, 3.63) is 47.0 Å². The quantitative estimate of drug-likeness (QED) is 0.679. The summed E-state index contributed by atoms with van der Waals surface area (Å²) in [5, 5.41) is 0. The van der Waals surface area contributed by atoms with Crippen LogP contribution in [0.3, 0.4) is 0 Å². The van der Waals surface area contributed by atoms with E-state index in [1.165, 1.54) is 6.42 Å². The molecule has 0 saturated carbocycles. The molecule has 2 aliphatic rings. The monoisotopic (exact) mass is 404 g/mol. The van der Waals surface area contributed by atoms with Gasteiger partial charge in [0, 0.05) is 11.1 Å². The first kappa shape index (κ1) is 18.4. The number of carbonyl (C=O) groups is 1. The fraction of sp³-hybridized carbons (Fsp3) is 0.350. The highest BCUT2D eigenvalue weighted by molar-refractivity contribution is 8.16. The minimum absolute atomic E-state index is 0.0592. The Morgan fingerprint density at radius 1 is 1.00 bits per heavy atom. The number of benzene rings is 2. The van der Waals surface area contributed by atoms with Crippen molar-refractivity contribution in [1.29, 1.82) is 0 Å². The van der Waals surface area contributed by atoms with Gasteiger partial charge in [-0.15, -0.1) is 23.5 Å². The van der Waals surface area contributed by atoms with E-state index in [-0.39, 0.29) is 17.2 Å². The lowest BCUT2D eigenvalue weighted by molar-refractivity contribution is 0.103. The Kier molecular flexibility index (Phi) is 5.41. The molecule has 2 aliphatic heterocycles. The third-order valence-corrected chi connectivity index (χ3v) is 7.49. The molecule has 0 aromatic heterocycles. The summed E-state index contributed by atoms with van der Waals surface area (Å²) in [6.45, 7) is 0.184. The van der Waals surface area contributed by atoms with Gasteiger partial charge in [-0.3, -0.25) is 4.79 Å². The smallest absolute Gasteiger partial charge is 0.231 e. The van der Waals surface area contributed by atoms with Crippen molar-refractivity contribution in [3.63, 3.8) is 0 Å². The molecular weight excluding hydrogens is 384 g/mol. The van der Waals surface area contributed by atoms with Gasteiger partial charge < -0.3 is 18.9 Å². The largest absolute Gasteiger partial charge is 0.493 e. The van der Waals surface area contributed by atoms with E-state index in [1.54, 1.807) is 38.5 Å². The van der Waals surface area contributed by atoms with Crippen LogP contribution in [0.2, 0.25) is 0 Å². The molecule has 4 rings (SSSR count). The highest BCUT2D eigenvalue weighted by atomic mass is 32.2. The molecule has 5 nitrogen and oxygen atoms in total. The Labute approximate surface area is 166 Å². The van der Waals surface area contributed by atoms with Crippen molar-refractivity contribution >= 4 is 29.3 Å². The summed E-state index contributed by atoms with van der Waals surface area (Å²) < 4.78 is 21.9. The van der Waals surface area contributed by atoms with Gasteiger partial charge in [0.15, 0.2) is 28.8 Å². The maximum absolute atomic E-state index is 13.4. The molecule has 2 aromatic carbocycles. The first-order valence-corrected chi connectivity index (χ1v) is 10.7. The average Bonchev–Trinajstić information content (AvgIpc) is 3.20. The van der Waals surface area contributed by atoms with E-state index < -0.39 is 0 Å². The van der Waals surface area contributed by atoms with E-state index in [2.05, 4.69) is 0 Å². The molecule has 1 fully saturated rings. The van der Waals surface area contributed by atoms with Gasteiger partial charge in [0.25, 0.3) is 0 Å². The molecule has 0 unspecified atom stereocenters. The highest BCUT2D eigenvalue weighted by Gasteiger charge is 2.27. The number of fused-ring (bicyclic) bond motifs is 1. The number of ketones is 1. The van der Waals surface area contributed by atoms with E-state index in [1.807, 2.05) is 29.6 Å². The van der Waals surface area contributed by atoms with Gasteiger partial charge in [-0.25, -0.2) is 0 Å². The molecule has 142 valence electrons. The van der Waals surface area contributed by atoms with Crippen molar-refractivity contribution in [2.24, 2.45) is 0 Å². The Hall–Kier alpha value is -1.99. The number of hydrogen-bond donors (Lipinski definition) is 0. The fourth-order valence-electron chi connectivity index (χ4n) is 3.15. The van der Waals surface area contributed by atoms with Crippen LogP contribution in [0.15, 0.2) is 30.3 Å². The zero-order valence-corrected chi connectivity index (χ0v) is 16.8. The fourth-order valence-corrected chi connectivity index (χ4v) is 6.09. The Bertz CT molecular complexity index is 862. The number of rotatable bonds is 5. The van der Waals surface area contributed by atoms with Crippen molar-refractivity contribution in [2.45, 2.75) is 11.0 Å². The zero-order chi connectivity index (χ0) is 18.8. The third kappa shape index (κ3) is 3.58. The van der Waals surface area contributed by atoms with Gasteiger partial charge >= 0.3 is 0 Å². The second-order valence-electron chi connectivity index (χ2n) is 6.12. The van der Waals surface area contributed by atoms with Crippen molar-refractivity contribution in [2.75, 3.05) is 32.5 Å².